The highest BCUT2D eigenvalue weighted by Gasteiger charge is 1.88. The predicted molar refractivity (Wildman–Crippen MR) is 71.6 cm³/mol. The van der Waals surface area contributed by atoms with E-state index in [-0.39, 0.29) is 0 Å². The van der Waals surface area contributed by atoms with E-state index in [1.807, 2.05) is 54.6 Å². The zero-order valence-corrected chi connectivity index (χ0v) is 9.88. The Balaban J connectivity index is 2.01. The number of aromatic nitrogens is 2. The second-order valence-electron chi connectivity index (χ2n) is 3.38. The van der Waals surface area contributed by atoms with Gasteiger partial charge in [-0.2, -0.15) is 0 Å². The molecule has 0 amide bonds. The summed E-state index contributed by atoms with van der Waals surface area (Å²) in [6.07, 6.45) is 11.2. The summed E-state index contributed by atoms with van der Waals surface area (Å²) >= 11 is 5.78. The Hall–Kier alpha value is -1.93. The quantitative estimate of drug-likeness (QED) is 0.603. The molecule has 84 valence electrons. The fraction of sp³-hybridized carbons (Fsp3) is 0. The first-order valence-electron chi connectivity index (χ1n) is 5.22. The summed E-state index contributed by atoms with van der Waals surface area (Å²) in [6, 6.07) is 9.52. The van der Waals surface area contributed by atoms with Gasteiger partial charge in [-0.25, -0.2) is 4.98 Å². The number of halogens is 1. The molecule has 0 spiro atoms. The molecule has 0 unspecified atom stereocenters. The molecule has 0 N–H and O–H groups in total. The Morgan fingerprint density at radius 1 is 0.941 bits per heavy atom. The van der Waals surface area contributed by atoms with Crippen molar-refractivity contribution < 1.29 is 0 Å². The maximum Gasteiger partial charge on any atom is 0.129 e. The molecule has 2 nitrogen and oxygen atoms in total. The minimum absolute atomic E-state index is 0.501. The monoisotopic (exact) mass is 242 g/mol. The van der Waals surface area contributed by atoms with Crippen molar-refractivity contribution in [3.63, 3.8) is 0 Å². The van der Waals surface area contributed by atoms with Crippen LogP contribution >= 0.6 is 11.6 Å². The standard InChI is InChI=1S/C14H11ClN2/c15-14-11-12(8-10-17-14)5-1-2-6-13-7-3-4-9-16-13/h1-11H/b5-1+,6-2+. The summed E-state index contributed by atoms with van der Waals surface area (Å²) in [5.41, 5.74) is 1.96. The van der Waals surface area contributed by atoms with Gasteiger partial charge in [0.2, 0.25) is 0 Å². The third kappa shape index (κ3) is 3.85. The maximum absolute atomic E-state index is 5.78. The number of pyridine rings is 2. The molecule has 2 aromatic rings. The molecule has 0 bridgehead atoms. The number of hydrogen-bond donors (Lipinski definition) is 0. The van der Waals surface area contributed by atoms with Gasteiger partial charge in [-0.3, -0.25) is 4.98 Å². The largest absolute Gasteiger partial charge is 0.257 e. The van der Waals surface area contributed by atoms with E-state index >= 15 is 0 Å². The third-order valence-electron chi connectivity index (χ3n) is 2.11. The van der Waals surface area contributed by atoms with Gasteiger partial charge in [0.25, 0.3) is 0 Å². The van der Waals surface area contributed by atoms with Gasteiger partial charge in [-0.15, -0.1) is 0 Å². The van der Waals surface area contributed by atoms with E-state index in [0.717, 1.165) is 11.3 Å². The average molecular weight is 243 g/mol. The molecule has 0 aliphatic heterocycles. The molecule has 2 aromatic heterocycles. The molecular weight excluding hydrogens is 232 g/mol. The van der Waals surface area contributed by atoms with Crippen molar-refractivity contribution >= 4 is 23.8 Å². The van der Waals surface area contributed by atoms with Crippen molar-refractivity contribution in [1.82, 2.24) is 9.97 Å². The number of rotatable bonds is 3. The zero-order valence-electron chi connectivity index (χ0n) is 9.12. The SMILES string of the molecule is Clc1cc(/C=C/C=C/c2ccccn2)ccn1. The first kappa shape index (κ1) is 11.6. The fourth-order valence-corrected chi connectivity index (χ4v) is 1.50. The van der Waals surface area contributed by atoms with Gasteiger partial charge >= 0.3 is 0 Å². The summed E-state index contributed by atoms with van der Waals surface area (Å²) in [7, 11) is 0. The minimum atomic E-state index is 0.501. The predicted octanol–water partition coefficient (Wildman–Crippen LogP) is 3.86. The Kier molecular flexibility index (Phi) is 4.05. The fourth-order valence-electron chi connectivity index (χ4n) is 1.32. The van der Waals surface area contributed by atoms with Crippen LogP contribution in [-0.2, 0) is 0 Å². The van der Waals surface area contributed by atoms with E-state index in [2.05, 4.69) is 9.97 Å². The van der Waals surface area contributed by atoms with E-state index in [1.54, 1.807) is 12.4 Å². The van der Waals surface area contributed by atoms with Crippen LogP contribution in [0.25, 0.3) is 12.2 Å². The topological polar surface area (TPSA) is 25.8 Å². The van der Waals surface area contributed by atoms with Crippen LogP contribution in [-0.4, -0.2) is 9.97 Å². The first-order valence-corrected chi connectivity index (χ1v) is 5.60. The van der Waals surface area contributed by atoms with Crippen molar-refractivity contribution in [2.75, 3.05) is 0 Å². The van der Waals surface area contributed by atoms with E-state index in [0.29, 0.717) is 5.15 Å². The first-order chi connectivity index (χ1) is 8.34. The minimum Gasteiger partial charge on any atom is -0.257 e. The maximum atomic E-state index is 5.78. The smallest absolute Gasteiger partial charge is 0.129 e. The Labute approximate surface area is 105 Å². The van der Waals surface area contributed by atoms with Gasteiger partial charge < -0.3 is 0 Å². The van der Waals surface area contributed by atoms with Crippen LogP contribution in [0, 0.1) is 0 Å². The Morgan fingerprint density at radius 3 is 2.59 bits per heavy atom. The normalized spacial score (nSPS) is 11.4. The van der Waals surface area contributed by atoms with Crippen LogP contribution in [0.1, 0.15) is 11.3 Å². The van der Waals surface area contributed by atoms with Gasteiger partial charge in [-0.05, 0) is 35.9 Å². The van der Waals surface area contributed by atoms with Crippen molar-refractivity contribution in [3.05, 3.63) is 71.3 Å². The lowest BCUT2D eigenvalue weighted by Gasteiger charge is -1.92. The number of allylic oxidation sites excluding steroid dienone is 2. The second-order valence-corrected chi connectivity index (χ2v) is 3.77. The van der Waals surface area contributed by atoms with E-state index in [9.17, 15) is 0 Å². The summed E-state index contributed by atoms with van der Waals surface area (Å²) < 4.78 is 0. The van der Waals surface area contributed by atoms with E-state index < -0.39 is 0 Å². The van der Waals surface area contributed by atoms with Crippen LogP contribution in [0.5, 0.6) is 0 Å². The van der Waals surface area contributed by atoms with Gasteiger partial charge in [0.05, 0.1) is 5.69 Å². The zero-order chi connectivity index (χ0) is 11.9. The second kappa shape index (κ2) is 5.97. The molecule has 0 atom stereocenters. The van der Waals surface area contributed by atoms with Gasteiger partial charge in [0.15, 0.2) is 0 Å². The van der Waals surface area contributed by atoms with Crippen LogP contribution in [0.3, 0.4) is 0 Å². The van der Waals surface area contributed by atoms with Crippen molar-refractivity contribution in [1.29, 1.82) is 0 Å². The van der Waals surface area contributed by atoms with E-state index in [1.165, 1.54) is 0 Å². The highest BCUT2D eigenvalue weighted by molar-refractivity contribution is 6.29. The molecule has 0 saturated heterocycles. The highest BCUT2D eigenvalue weighted by atomic mass is 35.5. The Morgan fingerprint density at radius 2 is 1.82 bits per heavy atom. The molecule has 2 heterocycles. The molecule has 0 saturated carbocycles. The molecule has 0 radical (unpaired) electrons. The highest BCUT2D eigenvalue weighted by Crippen LogP contribution is 2.08. The molecule has 0 aliphatic carbocycles. The van der Waals surface area contributed by atoms with Crippen LogP contribution in [0.2, 0.25) is 5.15 Å². The Bertz CT molecular complexity index is 533. The van der Waals surface area contributed by atoms with E-state index in [4.69, 9.17) is 11.6 Å². The summed E-state index contributed by atoms with van der Waals surface area (Å²) in [6.45, 7) is 0. The lowest BCUT2D eigenvalue weighted by molar-refractivity contribution is 1.30. The van der Waals surface area contributed by atoms with Gasteiger partial charge in [0.1, 0.15) is 5.15 Å². The average Bonchev–Trinajstić information content (AvgIpc) is 2.36. The van der Waals surface area contributed by atoms with Crippen LogP contribution in [0.4, 0.5) is 0 Å². The van der Waals surface area contributed by atoms with Crippen molar-refractivity contribution in [2.24, 2.45) is 0 Å². The molecule has 2 rings (SSSR count). The molecular formula is C14H11ClN2. The van der Waals surface area contributed by atoms with Crippen molar-refractivity contribution in [2.45, 2.75) is 0 Å². The molecule has 0 aliphatic rings. The van der Waals surface area contributed by atoms with Crippen LogP contribution in [0.15, 0.2) is 54.9 Å². The lowest BCUT2D eigenvalue weighted by Crippen LogP contribution is -1.76. The number of nitrogens with zero attached hydrogens (tertiary/aromatic N) is 2. The molecule has 0 aromatic carbocycles. The lowest BCUT2D eigenvalue weighted by atomic mass is 10.2. The third-order valence-corrected chi connectivity index (χ3v) is 2.31. The molecule has 3 heteroatoms. The van der Waals surface area contributed by atoms with Crippen molar-refractivity contribution in [3.8, 4) is 0 Å². The van der Waals surface area contributed by atoms with Crippen LogP contribution < -0.4 is 0 Å². The van der Waals surface area contributed by atoms with Gasteiger partial charge in [0, 0.05) is 12.4 Å². The summed E-state index contributed by atoms with van der Waals surface area (Å²) in [5, 5.41) is 0.501. The van der Waals surface area contributed by atoms with Gasteiger partial charge in [-0.1, -0.05) is 35.9 Å². The molecule has 0 fully saturated rings. The number of hydrogen-bond acceptors (Lipinski definition) is 2. The summed E-state index contributed by atoms with van der Waals surface area (Å²) in [4.78, 5) is 8.10. The summed E-state index contributed by atoms with van der Waals surface area (Å²) in [5.74, 6) is 0. The molecule has 17 heavy (non-hydrogen) atoms.